The number of hydrogen-bond donors (Lipinski definition) is 0. The highest BCUT2D eigenvalue weighted by molar-refractivity contribution is 6.45. The van der Waals surface area contributed by atoms with Gasteiger partial charge in [-0.25, -0.2) is 9.66 Å². The number of pyridine rings is 1. The first kappa shape index (κ1) is 17.8. The summed E-state index contributed by atoms with van der Waals surface area (Å²) in [5.74, 6) is 0. The first-order valence-corrected chi connectivity index (χ1v) is 8.96. The fourth-order valence-electron chi connectivity index (χ4n) is 3.00. The fraction of sp³-hybridized carbons (Fsp3) is 0.263. The molecule has 0 N–H and O–H groups in total. The van der Waals surface area contributed by atoms with Crippen LogP contribution in [0.15, 0.2) is 43.1 Å². The molecule has 4 nitrogen and oxygen atoms in total. The first-order valence-electron chi connectivity index (χ1n) is 8.21. The molecule has 0 saturated carbocycles. The van der Waals surface area contributed by atoms with Gasteiger partial charge in [0.2, 0.25) is 0 Å². The molecule has 130 valence electrons. The van der Waals surface area contributed by atoms with Crippen molar-refractivity contribution >= 4 is 28.9 Å². The summed E-state index contributed by atoms with van der Waals surface area (Å²) >= 11 is 13.3. The average Bonchev–Trinajstić information content (AvgIpc) is 3.11. The van der Waals surface area contributed by atoms with Crippen molar-refractivity contribution in [1.29, 1.82) is 0 Å². The highest BCUT2D eigenvalue weighted by atomic mass is 35.5. The second-order valence-electron chi connectivity index (χ2n) is 5.91. The van der Waals surface area contributed by atoms with Crippen LogP contribution in [0.3, 0.4) is 0 Å². The third-order valence-electron chi connectivity index (χ3n) is 4.16. The van der Waals surface area contributed by atoms with Gasteiger partial charge in [0.15, 0.2) is 0 Å². The zero-order valence-corrected chi connectivity index (χ0v) is 16.0. The summed E-state index contributed by atoms with van der Waals surface area (Å²) in [6.45, 7) is 6.96. The molecule has 0 aliphatic heterocycles. The van der Waals surface area contributed by atoms with Crippen LogP contribution in [-0.4, -0.2) is 21.2 Å². The lowest BCUT2D eigenvalue weighted by Gasteiger charge is -2.27. The molecule has 0 radical (unpaired) electrons. The number of hydrogen-bond acceptors (Lipinski definition) is 3. The van der Waals surface area contributed by atoms with Crippen molar-refractivity contribution in [1.82, 2.24) is 14.6 Å². The summed E-state index contributed by atoms with van der Waals surface area (Å²) < 4.78 is 1.92. The molecule has 0 spiro atoms. The second kappa shape index (κ2) is 7.46. The Morgan fingerprint density at radius 1 is 1.08 bits per heavy atom. The molecule has 0 saturated heterocycles. The van der Waals surface area contributed by atoms with Gasteiger partial charge in [-0.05, 0) is 38.0 Å². The summed E-state index contributed by atoms with van der Waals surface area (Å²) in [5, 5.41) is 3.14. The fourth-order valence-corrected chi connectivity index (χ4v) is 3.52. The summed E-state index contributed by atoms with van der Waals surface area (Å²) in [5.41, 5.74) is 4.85. The van der Waals surface area contributed by atoms with Gasteiger partial charge < -0.3 is 0 Å². The topological polar surface area (TPSA) is 34.0 Å². The van der Waals surface area contributed by atoms with Crippen molar-refractivity contribution in [2.75, 3.05) is 11.6 Å². The van der Waals surface area contributed by atoms with Crippen LogP contribution in [0.1, 0.15) is 24.6 Å². The highest BCUT2D eigenvalue weighted by Gasteiger charge is 2.19. The maximum absolute atomic E-state index is 6.67. The third kappa shape index (κ3) is 3.37. The predicted molar refractivity (Wildman–Crippen MR) is 104 cm³/mol. The quantitative estimate of drug-likeness (QED) is 0.586. The minimum absolute atomic E-state index is 0.531. The standard InChI is InChI=1S/C19H20Cl2N4/c1-4-10-25(24-11-9-22-12-24)16-6-5-15(18(20)19(16)21)17-13(2)7-8-23-14(17)3/h5-9,11-12H,4,10H2,1-3H3. The Bertz CT molecular complexity index is 855. The van der Waals surface area contributed by atoms with Crippen molar-refractivity contribution in [3.63, 3.8) is 0 Å². The van der Waals surface area contributed by atoms with Crippen molar-refractivity contribution in [3.8, 4) is 11.1 Å². The zero-order valence-electron chi connectivity index (χ0n) is 14.5. The Kier molecular flexibility index (Phi) is 5.30. The molecular formula is C19H20Cl2N4. The second-order valence-corrected chi connectivity index (χ2v) is 6.67. The zero-order chi connectivity index (χ0) is 18.0. The minimum Gasteiger partial charge on any atom is -0.279 e. The van der Waals surface area contributed by atoms with Crippen molar-refractivity contribution in [2.45, 2.75) is 27.2 Å². The lowest BCUT2D eigenvalue weighted by Crippen LogP contribution is -2.29. The van der Waals surface area contributed by atoms with E-state index in [1.165, 1.54) is 0 Å². The molecule has 2 aromatic heterocycles. The van der Waals surface area contributed by atoms with E-state index in [2.05, 4.69) is 28.8 Å². The van der Waals surface area contributed by atoms with E-state index in [4.69, 9.17) is 23.2 Å². The smallest absolute Gasteiger partial charge is 0.114 e. The molecule has 6 heteroatoms. The first-order chi connectivity index (χ1) is 12.0. The molecule has 0 atom stereocenters. The molecule has 0 unspecified atom stereocenters. The van der Waals surface area contributed by atoms with Crippen molar-refractivity contribution in [3.05, 3.63) is 64.4 Å². The molecule has 25 heavy (non-hydrogen) atoms. The van der Waals surface area contributed by atoms with E-state index in [9.17, 15) is 0 Å². The summed E-state index contributed by atoms with van der Waals surface area (Å²) in [6.07, 6.45) is 8.16. The summed E-state index contributed by atoms with van der Waals surface area (Å²) in [7, 11) is 0. The Balaban J connectivity index is 2.12. The van der Waals surface area contributed by atoms with Gasteiger partial charge in [-0.15, -0.1) is 0 Å². The van der Waals surface area contributed by atoms with Gasteiger partial charge in [0.25, 0.3) is 0 Å². The maximum Gasteiger partial charge on any atom is 0.114 e. The van der Waals surface area contributed by atoms with Crippen LogP contribution >= 0.6 is 23.2 Å². The van der Waals surface area contributed by atoms with E-state index in [1.807, 2.05) is 36.0 Å². The highest BCUT2D eigenvalue weighted by Crippen LogP contribution is 2.41. The van der Waals surface area contributed by atoms with E-state index >= 15 is 0 Å². The molecule has 0 bridgehead atoms. The molecule has 3 rings (SSSR count). The van der Waals surface area contributed by atoms with E-state index in [0.29, 0.717) is 10.0 Å². The van der Waals surface area contributed by atoms with Gasteiger partial charge in [0.05, 0.1) is 15.7 Å². The molecule has 0 fully saturated rings. The SMILES string of the molecule is CCCN(c1ccc(-c2c(C)ccnc2C)c(Cl)c1Cl)n1ccnc1. The normalized spacial score (nSPS) is 10.9. The molecule has 3 aromatic rings. The number of halogens is 2. The maximum atomic E-state index is 6.67. The summed E-state index contributed by atoms with van der Waals surface area (Å²) in [6, 6.07) is 6.00. The van der Waals surface area contributed by atoms with Gasteiger partial charge in [0.1, 0.15) is 6.33 Å². The van der Waals surface area contributed by atoms with Crippen LogP contribution in [0.25, 0.3) is 11.1 Å². The van der Waals surface area contributed by atoms with E-state index in [0.717, 1.165) is 41.0 Å². The van der Waals surface area contributed by atoms with Crippen LogP contribution in [0.5, 0.6) is 0 Å². The van der Waals surface area contributed by atoms with Gasteiger partial charge in [-0.3, -0.25) is 9.99 Å². The Labute approximate surface area is 158 Å². The molecule has 0 amide bonds. The number of anilines is 1. The molecular weight excluding hydrogens is 355 g/mol. The molecule has 0 aliphatic rings. The average molecular weight is 375 g/mol. The van der Waals surface area contributed by atoms with Crippen LogP contribution < -0.4 is 5.01 Å². The van der Waals surface area contributed by atoms with E-state index in [-0.39, 0.29) is 0 Å². The van der Waals surface area contributed by atoms with Gasteiger partial charge in [0, 0.05) is 42.0 Å². The third-order valence-corrected chi connectivity index (χ3v) is 5.03. The number of aromatic nitrogens is 3. The van der Waals surface area contributed by atoms with Gasteiger partial charge in [-0.1, -0.05) is 36.2 Å². The number of imidazole rings is 1. The molecule has 1 aromatic carbocycles. The lowest BCUT2D eigenvalue weighted by molar-refractivity contribution is 0.675. The number of rotatable bonds is 5. The van der Waals surface area contributed by atoms with Crippen LogP contribution in [-0.2, 0) is 0 Å². The Morgan fingerprint density at radius 3 is 2.52 bits per heavy atom. The number of benzene rings is 1. The Morgan fingerprint density at radius 2 is 1.88 bits per heavy atom. The van der Waals surface area contributed by atoms with Gasteiger partial charge in [-0.2, -0.15) is 0 Å². The van der Waals surface area contributed by atoms with Crippen molar-refractivity contribution in [2.24, 2.45) is 0 Å². The largest absolute Gasteiger partial charge is 0.279 e. The Hall–Kier alpha value is -2.04. The van der Waals surface area contributed by atoms with Gasteiger partial charge >= 0.3 is 0 Å². The van der Waals surface area contributed by atoms with Crippen LogP contribution in [0.2, 0.25) is 10.0 Å². The van der Waals surface area contributed by atoms with E-state index in [1.54, 1.807) is 18.7 Å². The predicted octanol–water partition coefficient (Wildman–Crippen LogP) is 5.55. The van der Waals surface area contributed by atoms with E-state index < -0.39 is 0 Å². The number of nitrogens with zero attached hydrogens (tertiary/aromatic N) is 4. The van der Waals surface area contributed by atoms with Crippen molar-refractivity contribution < 1.29 is 0 Å². The lowest BCUT2D eigenvalue weighted by atomic mass is 9.99. The summed E-state index contributed by atoms with van der Waals surface area (Å²) in [4.78, 5) is 8.52. The monoisotopic (exact) mass is 374 g/mol. The molecule has 0 aliphatic carbocycles. The molecule has 2 heterocycles. The minimum atomic E-state index is 0.531. The number of aryl methyl sites for hydroxylation is 2. The van der Waals surface area contributed by atoms with Crippen LogP contribution in [0, 0.1) is 13.8 Å². The van der Waals surface area contributed by atoms with Crippen LogP contribution in [0.4, 0.5) is 5.69 Å².